The Hall–Kier alpha value is -4.36. The van der Waals surface area contributed by atoms with Gasteiger partial charge in [-0.25, -0.2) is 0 Å². The van der Waals surface area contributed by atoms with Gasteiger partial charge in [0.25, 0.3) is 0 Å². The molecule has 0 amide bonds. The van der Waals surface area contributed by atoms with Gasteiger partial charge in [-0.05, 0) is 85.0 Å². The van der Waals surface area contributed by atoms with Gasteiger partial charge in [0.1, 0.15) is 11.3 Å². The second kappa shape index (κ2) is 8.07. The van der Waals surface area contributed by atoms with Crippen LogP contribution in [0.4, 0.5) is 0 Å². The zero-order valence-electron chi connectivity index (χ0n) is 22.6. The van der Waals surface area contributed by atoms with Gasteiger partial charge in [-0.15, -0.1) is 0 Å². The van der Waals surface area contributed by atoms with E-state index in [0.717, 1.165) is 24.2 Å². The quantitative estimate of drug-likeness (QED) is 0.214. The number of rotatable bonds is 2. The molecule has 1 aliphatic carbocycles. The van der Waals surface area contributed by atoms with Gasteiger partial charge in [0, 0.05) is 16.5 Å². The summed E-state index contributed by atoms with van der Waals surface area (Å²) in [6, 6.07) is 34.0. The number of hydrogen-bond acceptors (Lipinski definition) is 1. The lowest BCUT2D eigenvalue weighted by atomic mass is 9.81. The maximum absolute atomic E-state index is 6.58. The Bertz CT molecular complexity index is 2060. The SMILES string of the molecule is CC(C)(C)c1cc2ccc3c(-c4ccccc4)cc(-c4cccc5c6c(oc45)C=CCC6)c4ccc(c1)c2c34. The zero-order valence-corrected chi connectivity index (χ0v) is 22.6. The molecule has 1 heteroatoms. The molecule has 0 N–H and O–H groups in total. The lowest BCUT2D eigenvalue weighted by Gasteiger charge is -2.23. The summed E-state index contributed by atoms with van der Waals surface area (Å²) in [6.45, 7) is 6.89. The summed E-state index contributed by atoms with van der Waals surface area (Å²) in [6.07, 6.45) is 6.47. The summed E-state index contributed by atoms with van der Waals surface area (Å²) in [5, 5.41) is 9.14. The van der Waals surface area contributed by atoms with E-state index in [0.29, 0.717) is 0 Å². The Morgan fingerprint density at radius 2 is 1.38 bits per heavy atom. The van der Waals surface area contributed by atoms with Gasteiger partial charge in [0.2, 0.25) is 0 Å². The van der Waals surface area contributed by atoms with Crippen molar-refractivity contribution in [2.75, 3.05) is 0 Å². The third-order valence-electron chi connectivity index (χ3n) is 8.64. The summed E-state index contributed by atoms with van der Waals surface area (Å²) in [5.74, 6) is 1.01. The smallest absolute Gasteiger partial charge is 0.142 e. The Morgan fingerprint density at radius 1 is 0.641 bits per heavy atom. The number of allylic oxidation sites excluding steroid dienone is 1. The van der Waals surface area contributed by atoms with Crippen LogP contribution < -0.4 is 0 Å². The molecule has 0 fully saturated rings. The molecule has 39 heavy (non-hydrogen) atoms. The first-order valence-electron chi connectivity index (χ1n) is 14.0. The summed E-state index contributed by atoms with van der Waals surface area (Å²) in [7, 11) is 0. The molecule has 0 saturated heterocycles. The molecule has 0 spiro atoms. The zero-order chi connectivity index (χ0) is 26.3. The standard InChI is InChI=1S/C38H30O/c1-38(2,3)26-20-24-16-18-28-32(23-10-5-4-6-11-23)22-33(29-19-17-25(21-26)35(24)36(28)29)31-14-9-13-30-27-12-7-8-15-34(27)39-37(30)31/h4-6,8-11,13-22H,7,12H2,1-3H3. The topological polar surface area (TPSA) is 13.1 Å². The number of hydrogen-bond donors (Lipinski definition) is 0. The monoisotopic (exact) mass is 502 g/mol. The maximum atomic E-state index is 6.58. The largest absolute Gasteiger partial charge is 0.456 e. The average molecular weight is 503 g/mol. The average Bonchev–Trinajstić information content (AvgIpc) is 3.34. The highest BCUT2D eigenvalue weighted by Gasteiger charge is 2.22. The fourth-order valence-electron chi connectivity index (χ4n) is 6.64. The lowest BCUT2D eigenvalue weighted by Crippen LogP contribution is -2.10. The van der Waals surface area contributed by atoms with Crippen molar-refractivity contribution < 1.29 is 4.42 Å². The number of para-hydroxylation sites is 1. The van der Waals surface area contributed by atoms with Gasteiger partial charge in [-0.2, -0.15) is 0 Å². The third-order valence-corrected chi connectivity index (χ3v) is 8.64. The van der Waals surface area contributed by atoms with Gasteiger partial charge in [0.15, 0.2) is 0 Å². The first-order valence-corrected chi connectivity index (χ1v) is 14.0. The van der Waals surface area contributed by atoms with Gasteiger partial charge in [0.05, 0.1) is 0 Å². The highest BCUT2D eigenvalue weighted by molar-refractivity contribution is 6.28. The summed E-state index contributed by atoms with van der Waals surface area (Å²) in [5.41, 5.74) is 8.70. The lowest BCUT2D eigenvalue weighted by molar-refractivity contribution is 0.591. The van der Waals surface area contributed by atoms with E-state index in [-0.39, 0.29) is 5.41 Å². The second-order valence-corrected chi connectivity index (χ2v) is 12.1. The van der Waals surface area contributed by atoms with Crippen LogP contribution in [0.15, 0.2) is 101 Å². The van der Waals surface area contributed by atoms with Gasteiger partial charge in [-0.1, -0.05) is 112 Å². The van der Waals surface area contributed by atoms with Crippen LogP contribution in [0.3, 0.4) is 0 Å². The minimum Gasteiger partial charge on any atom is -0.456 e. The van der Waals surface area contributed by atoms with Gasteiger partial charge >= 0.3 is 0 Å². The third kappa shape index (κ3) is 3.32. The summed E-state index contributed by atoms with van der Waals surface area (Å²) >= 11 is 0. The molecule has 1 aliphatic rings. The fraction of sp³-hybridized carbons (Fsp3) is 0.158. The molecule has 1 nitrogen and oxygen atoms in total. The number of fused-ring (bicyclic) bond motifs is 3. The predicted molar refractivity (Wildman–Crippen MR) is 167 cm³/mol. The van der Waals surface area contributed by atoms with Crippen molar-refractivity contribution in [3.8, 4) is 22.3 Å². The molecule has 188 valence electrons. The normalized spacial score (nSPS) is 13.7. The van der Waals surface area contributed by atoms with E-state index in [1.807, 2.05) is 0 Å². The number of furan rings is 1. The molecule has 1 aromatic heterocycles. The predicted octanol–water partition coefficient (Wildman–Crippen LogP) is 10.9. The van der Waals surface area contributed by atoms with Crippen LogP contribution in [0.5, 0.6) is 0 Å². The van der Waals surface area contributed by atoms with Gasteiger partial charge in [-0.3, -0.25) is 0 Å². The van der Waals surface area contributed by atoms with E-state index in [2.05, 4.69) is 124 Å². The molecule has 1 heterocycles. The molecule has 0 radical (unpaired) electrons. The van der Waals surface area contributed by atoms with E-state index in [9.17, 15) is 0 Å². The van der Waals surface area contributed by atoms with E-state index in [4.69, 9.17) is 4.42 Å². The highest BCUT2D eigenvalue weighted by Crippen LogP contribution is 2.47. The Balaban J connectivity index is 1.53. The molecule has 0 atom stereocenters. The van der Waals surface area contributed by atoms with Crippen LogP contribution in [0.2, 0.25) is 0 Å². The first-order chi connectivity index (χ1) is 19.0. The van der Waals surface area contributed by atoms with Crippen LogP contribution in [0.1, 0.15) is 44.1 Å². The van der Waals surface area contributed by atoms with Crippen LogP contribution in [0, 0.1) is 0 Å². The Morgan fingerprint density at radius 3 is 2.13 bits per heavy atom. The van der Waals surface area contributed by atoms with E-state index < -0.39 is 0 Å². The number of aryl methyl sites for hydroxylation is 1. The van der Waals surface area contributed by atoms with Gasteiger partial charge < -0.3 is 4.42 Å². The molecule has 8 rings (SSSR count). The van der Waals surface area contributed by atoms with Crippen LogP contribution >= 0.6 is 0 Å². The first kappa shape index (κ1) is 22.6. The van der Waals surface area contributed by atoms with Crippen LogP contribution in [-0.4, -0.2) is 0 Å². The van der Waals surface area contributed by atoms with Crippen molar-refractivity contribution in [3.63, 3.8) is 0 Å². The van der Waals surface area contributed by atoms with Crippen molar-refractivity contribution in [1.29, 1.82) is 0 Å². The maximum Gasteiger partial charge on any atom is 0.142 e. The minimum absolute atomic E-state index is 0.0906. The molecule has 0 unspecified atom stereocenters. The van der Waals surface area contributed by atoms with E-state index in [1.165, 1.54) is 71.1 Å². The molecular formula is C38H30O. The molecular weight excluding hydrogens is 472 g/mol. The Labute approximate surface area is 228 Å². The fourth-order valence-corrected chi connectivity index (χ4v) is 6.64. The van der Waals surface area contributed by atoms with Crippen molar-refractivity contribution >= 4 is 49.4 Å². The molecule has 0 saturated carbocycles. The molecule has 0 bridgehead atoms. The van der Waals surface area contributed by atoms with Crippen LogP contribution in [-0.2, 0) is 11.8 Å². The molecule has 6 aromatic carbocycles. The Kier molecular flexibility index (Phi) is 4.68. The number of benzene rings is 6. The minimum atomic E-state index is 0.0906. The van der Waals surface area contributed by atoms with E-state index >= 15 is 0 Å². The second-order valence-electron chi connectivity index (χ2n) is 12.1. The molecule has 0 aliphatic heterocycles. The van der Waals surface area contributed by atoms with Crippen LogP contribution in [0.25, 0.3) is 71.6 Å². The molecule has 7 aromatic rings. The summed E-state index contributed by atoms with van der Waals surface area (Å²) < 4.78 is 6.58. The van der Waals surface area contributed by atoms with Crippen molar-refractivity contribution in [2.45, 2.75) is 39.0 Å². The summed E-state index contributed by atoms with van der Waals surface area (Å²) in [4.78, 5) is 0. The van der Waals surface area contributed by atoms with Crippen molar-refractivity contribution in [3.05, 3.63) is 114 Å². The highest BCUT2D eigenvalue weighted by atomic mass is 16.3. The van der Waals surface area contributed by atoms with E-state index in [1.54, 1.807) is 0 Å². The van der Waals surface area contributed by atoms with Crippen molar-refractivity contribution in [1.82, 2.24) is 0 Å². The van der Waals surface area contributed by atoms with Crippen molar-refractivity contribution in [2.24, 2.45) is 0 Å².